The molecule has 1 aliphatic rings. The van der Waals surface area contributed by atoms with Crippen molar-refractivity contribution in [2.45, 2.75) is 17.7 Å². The number of likely N-dealkylation sites (tertiary alicyclic amines) is 1. The number of fused-ring (bicyclic) bond motifs is 1. The van der Waals surface area contributed by atoms with E-state index in [2.05, 4.69) is 50.2 Å². The fourth-order valence-electron chi connectivity index (χ4n) is 3.18. The number of esters is 1. The second-order valence-electron chi connectivity index (χ2n) is 5.84. The van der Waals surface area contributed by atoms with Crippen LogP contribution in [0.5, 0.6) is 0 Å². The van der Waals surface area contributed by atoms with Crippen molar-refractivity contribution in [1.82, 2.24) is 9.88 Å². The lowest BCUT2D eigenvalue weighted by molar-refractivity contribution is -0.146. The molecule has 0 aliphatic carbocycles. The SMILES string of the molecule is COC(=O)[C@@H]1CN(CCc2c[nH]c3ccccc23)CC[C@H]1Br. The highest BCUT2D eigenvalue weighted by Gasteiger charge is 2.33. The zero-order valence-corrected chi connectivity index (χ0v) is 14.3. The van der Waals surface area contributed by atoms with Gasteiger partial charge in [0.15, 0.2) is 0 Å². The number of hydrogen-bond donors (Lipinski definition) is 1. The van der Waals surface area contributed by atoms with Crippen LogP contribution in [0.25, 0.3) is 10.9 Å². The van der Waals surface area contributed by atoms with Crippen LogP contribution in [0.4, 0.5) is 0 Å². The number of piperidine rings is 1. The minimum Gasteiger partial charge on any atom is -0.469 e. The first kappa shape index (κ1) is 15.6. The fraction of sp³-hybridized carbons (Fsp3) is 0.471. The lowest BCUT2D eigenvalue weighted by Gasteiger charge is -2.34. The number of aromatic amines is 1. The molecule has 0 amide bonds. The van der Waals surface area contributed by atoms with Crippen LogP contribution >= 0.6 is 15.9 Å². The van der Waals surface area contributed by atoms with Crippen molar-refractivity contribution in [2.24, 2.45) is 5.92 Å². The van der Waals surface area contributed by atoms with Crippen molar-refractivity contribution < 1.29 is 9.53 Å². The number of para-hydroxylation sites is 1. The van der Waals surface area contributed by atoms with Crippen LogP contribution in [0.2, 0.25) is 0 Å². The Balaban J connectivity index is 1.63. The topological polar surface area (TPSA) is 45.3 Å². The van der Waals surface area contributed by atoms with Gasteiger partial charge in [-0.25, -0.2) is 0 Å². The van der Waals surface area contributed by atoms with Gasteiger partial charge in [-0.15, -0.1) is 0 Å². The first-order valence-corrected chi connectivity index (χ1v) is 8.60. The van der Waals surface area contributed by atoms with Gasteiger partial charge in [0, 0.05) is 35.0 Å². The van der Waals surface area contributed by atoms with Crippen LogP contribution in [-0.2, 0) is 16.0 Å². The third-order valence-corrected chi connectivity index (χ3v) is 5.58. The van der Waals surface area contributed by atoms with E-state index in [1.165, 1.54) is 23.6 Å². The number of nitrogens with one attached hydrogen (secondary N) is 1. The number of H-pyrrole nitrogens is 1. The first-order chi connectivity index (χ1) is 10.7. The number of nitrogens with zero attached hydrogens (tertiary/aromatic N) is 1. The van der Waals surface area contributed by atoms with E-state index in [9.17, 15) is 4.79 Å². The molecule has 2 heterocycles. The van der Waals surface area contributed by atoms with Crippen LogP contribution < -0.4 is 0 Å². The van der Waals surface area contributed by atoms with E-state index in [0.717, 1.165) is 32.5 Å². The molecule has 5 heteroatoms. The van der Waals surface area contributed by atoms with Crippen LogP contribution in [0, 0.1) is 5.92 Å². The van der Waals surface area contributed by atoms with Gasteiger partial charge in [-0.3, -0.25) is 4.79 Å². The lowest BCUT2D eigenvalue weighted by Crippen LogP contribution is -2.45. The van der Waals surface area contributed by atoms with Gasteiger partial charge in [0.2, 0.25) is 0 Å². The van der Waals surface area contributed by atoms with Crippen molar-refractivity contribution >= 4 is 32.8 Å². The summed E-state index contributed by atoms with van der Waals surface area (Å²) in [7, 11) is 1.47. The standard InChI is InChI=1S/C17H21BrN2O2/c1-22-17(21)14-11-20(9-7-15(14)18)8-6-12-10-19-16-5-3-2-4-13(12)16/h2-5,10,14-15,19H,6-9,11H2,1H3/t14-,15-/m1/s1. The van der Waals surface area contributed by atoms with Gasteiger partial charge >= 0.3 is 5.97 Å². The van der Waals surface area contributed by atoms with E-state index in [1.807, 2.05) is 6.07 Å². The average molecular weight is 365 g/mol. The Morgan fingerprint density at radius 1 is 1.45 bits per heavy atom. The lowest BCUT2D eigenvalue weighted by atomic mass is 9.97. The molecule has 118 valence electrons. The molecule has 2 atom stereocenters. The molecular formula is C17H21BrN2O2. The van der Waals surface area contributed by atoms with E-state index < -0.39 is 0 Å². The van der Waals surface area contributed by atoms with Gasteiger partial charge in [0.05, 0.1) is 13.0 Å². The zero-order chi connectivity index (χ0) is 15.5. The number of hydrogen-bond acceptors (Lipinski definition) is 3. The molecule has 0 bridgehead atoms. The van der Waals surface area contributed by atoms with Crippen molar-refractivity contribution in [2.75, 3.05) is 26.7 Å². The molecular weight excluding hydrogens is 344 g/mol. The number of alkyl halides is 1. The Labute approximate surface area is 139 Å². The molecule has 1 fully saturated rings. The molecule has 1 aliphatic heterocycles. The summed E-state index contributed by atoms with van der Waals surface area (Å²) in [5.74, 6) is -0.180. The third-order valence-electron chi connectivity index (χ3n) is 4.49. The summed E-state index contributed by atoms with van der Waals surface area (Å²) < 4.78 is 4.92. The van der Waals surface area contributed by atoms with Crippen molar-refractivity contribution in [3.63, 3.8) is 0 Å². The van der Waals surface area contributed by atoms with Gasteiger partial charge in [-0.1, -0.05) is 34.1 Å². The summed E-state index contributed by atoms with van der Waals surface area (Å²) in [6.07, 6.45) is 4.07. The maximum atomic E-state index is 11.8. The maximum absolute atomic E-state index is 11.8. The summed E-state index contributed by atoms with van der Waals surface area (Å²) in [6.45, 7) is 2.76. The monoisotopic (exact) mass is 364 g/mol. The summed E-state index contributed by atoms with van der Waals surface area (Å²) in [6, 6.07) is 8.37. The Kier molecular flexibility index (Phi) is 4.84. The van der Waals surface area contributed by atoms with E-state index in [-0.39, 0.29) is 16.7 Å². The Morgan fingerprint density at radius 3 is 3.09 bits per heavy atom. The predicted molar refractivity (Wildman–Crippen MR) is 91.3 cm³/mol. The van der Waals surface area contributed by atoms with Crippen LogP contribution in [-0.4, -0.2) is 47.4 Å². The Morgan fingerprint density at radius 2 is 2.27 bits per heavy atom. The minimum atomic E-state index is -0.112. The molecule has 0 spiro atoms. The molecule has 4 nitrogen and oxygen atoms in total. The number of carbonyl (C=O) groups excluding carboxylic acids is 1. The number of aromatic nitrogens is 1. The largest absolute Gasteiger partial charge is 0.469 e. The van der Waals surface area contributed by atoms with Crippen LogP contribution in [0.1, 0.15) is 12.0 Å². The third kappa shape index (κ3) is 3.20. The van der Waals surface area contributed by atoms with Crippen molar-refractivity contribution in [3.8, 4) is 0 Å². The minimum absolute atomic E-state index is 0.0679. The number of ether oxygens (including phenoxy) is 1. The van der Waals surface area contributed by atoms with Gasteiger partial charge in [-0.05, 0) is 31.0 Å². The van der Waals surface area contributed by atoms with E-state index >= 15 is 0 Å². The quantitative estimate of drug-likeness (QED) is 0.669. The molecule has 3 rings (SSSR count). The van der Waals surface area contributed by atoms with Crippen LogP contribution in [0.3, 0.4) is 0 Å². The van der Waals surface area contributed by atoms with Crippen molar-refractivity contribution in [1.29, 1.82) is 0 Å². The zero-order valence-electron chi connectivity index (χ0n) is 12.7. The number of carbonyl (C=O) groups is 1. The molecule has 1 aromatic carbocycles. The van der Waals surface area contributed by atoms with E-state index in [1.54, 1.807) is 0 Å². The van der Waals surface area contributed by atoms with Gasteiger partial charge < -0.3 is 14.6 Å². The summed E-state index contributed by atoms with van der Waals surface area (Å²) in [5.41, 5.74) is 2.52. The molecule has 0 radical (unpaired) electrons. The molecule has 1 saturated heterocycles. The fourth-order valence-corrected chi connectivity index (χ4v) is 3.77. The molecule has 0 saturated carbocycles. The highest BCUT2D eigenvalue weighted by molar-refractivity contribution is 9.09. The first-order valence-electron chi connectivity index (χ1n) is 7.68. The molecule has 2 aromatic rings. The number of halogens is 1. The normalized spacial score (nSPS) is 22.8. The summed E-state index contributed by atoms with van der Waals surface area (Å²) in [4.78, 5) is 17.8. The molecule has 0 unspecified atom stereocenters. The van der Waals surface area contributed by atoms with E-state index in [4.69, 9.17) is 4.74 Å². The molecule has 1 N–H and O–H groups in total. The molecule has 1 aromatic heterocycles. The van der Waals surface area contributed by atoms with Gasteiger partial charge in [0.25, 0.3) is 0 Å². The second kappa shape index (κ2) is 6.84. The van der Waals surface area contributed by atoms with Crippen LogP contribution in [0.15, 0.2) is 30.5 Å². The summed E-state index contributed by atoms with van der Waals surface area (Å²) >= 11 is 3.61. The highest BCUT2D eigenvalue weighted by atomic mass is 79.9. The van der Waals surface area contributed by atoms with E-state index in [0.29, 0.717) is 0 Å². The molecule has 22 heavy (non-hydrogen) atoms. The Bertz CT molecular complexity index is 655. The van der Waals surface area contributed by atoms with Gasteiger partial charge in [0.1, 0.15) is 0 Å². The smallest absolute Gasteiger partial charge is 0.311 e. The summed E-state index contributed by atoms with van der Waals surface area (Å²) in [5, 5.41) is 1.29. The van der Waals surface area contributed by atoms with Crippen molar-refractivity contribution in [3.05, 3.63) is 36.0 Å². The maximum Gasteiger partial charge on any atom is 0.311 e. The van der Waals surface area contributed by atoms with Gasteiger partial charge in [-0.2, -0.15) is 0 Å². The predicted octanol–water partition coefficient (Wildman–Crippen LogP) is 2.97. The number of methoxy groups -OCH3 is 1. The second-order valence-corrected chi connectivity index (χ2v) is 7.02. The number of rotatable bonds is 4. The average Bonchev–Trinajstić information content (AvgIpc) is 2.96. The number of benzene rings is 1. The highest BCUT2D eigenvalue weighted by Crippen LogP contribution is 2.25. The Hall–Kier alpha value is -1.33.